The summed E-state index contributed by atoms with van der Waals surface area (Å²) in [6.07, 6.45) is 3.87. The summed E-state index contributed by atoms with van der Waals surface area (Å²) in [4.78, 5) is 0. The molecule has 1 fully saturated rings. The van der Waals surface area contributed by atoms with Gasteiger partial charge in [-0.1, -0.05) is 49.4 Å². The Bertz CT molecular complexity index is 572. The lowest BCUT2D eigenvalue weighted by Gasteiger charge is -2.23. The van der Waals surface area contributed by atoms with E-state index in [9.17, 15) is 4.39 Å². The van der Waals surface area contributed by atoms with E-state index in [1.54, 1.807) is 12.1 Å². The van der Waals surface area contributed by atoms with E-state index in [1.807, 2.05) is 18.2 Å². The van der Waals surface area contributed by atoms with Gasteiger partial charge in [0.2, 0.25) is 0 Å². The summed E-state index contributed by atoms with van der Waals surface area (Å²) >= 11 is 0. The minimum atomic E-state index is -0.183. The summed E-state index contributed by atoms with van der Waals surface area (Å²) in [5.41, 5.74) is 2.85. The third-order valence-electron chi connectivity index (χ3n) is 4.72. The average Bonchev–Trinajstić information content (AvgIpc) is 3.31. The first-order chi connectivity index (χ1) is 10.2. The van der Waals surface area contributed by atoms with E-state index in [2.05, 4.69) is 36.5 Å². The first-order valence-electron chi connectivity index (χ1n) is 7.76. The molecule has 3 rings (SSSR count). The fraction of sp³-hybridized carbons (Fsp3) is 0.368. The van der Waals surface area contributed by atoms with E-state index in [0.717, 1.165) is 12.1 Å². The molecule has 0 aliphatic heterocycles. The van der Waals surface area contributed by atoms with E-state index in [4.69, 9.17) is 0 Å². The Balaban J connectivity index is 1.82. The molecular weight excluding hydrogens is 261 g/mol. The maximum atomic E-state index is 13.2. The fourth-order valence-electron chi connectivity index (χ4n) is 2.88. The molecular formula is C19H22FN. The summed E-state index contributed by atoms with van der Waals surface area (Å²) < 4.78 is 13.2. The Hall–Kier alpha value is -1.67. The molecule has 0 saturated heterocycles. The number of nitrogens with one attached hydrogen (secondary N) is 1. The molecule has 0 bridgehead atoms. The van der Waals surface area contributed by atoms with Crippen molar-refractivity contribution < 1.29 is 4.39 Å². The quantitative estimate of drug-likeness (QED) is 0.810. The third-order valence-corrected chi connectivity index (χ3v) is 4.72. The van der Waals surface area contributed by atoms with Crippen LogP contribution in [0.2, 0.25) is 0 Å². The van der Waals surface area contributed by atoms with Crippen LogP contribution >= 0.6 is 0 Å². The van der Waals surface area contributed by atoms with Gasteiger partial charge in [0.05, 0.1) is 6.04 Å². The van der Waals surface area contributed by atoms with Crippen LogP contribution in [-0.4, -0.2) is 6.54 Å². The van der Waals surface area contributed by atoms with Gasteiger partial charge in [-0.2, -0.15) is 0 Å². The zero-order valence-electron chi connectivity index (χ0n) is 12.5. The summed E-state index contributed by atoms with van der Waals surface area (Å²) in [5.74, 6) is -0.183. The molecule has 1 saturated carbocycles. The minimum Gasteiger partial charge on any atom is -0.306 e. The minimum absolute atomic E-state index is 0.135. The SMILES string of the molecule is CCC1(CNC(c2ccccc2)c2ccc(F)cc2)CC1. The Kier molecular flexibility index (Phi) is 4.07. The molecule has 21 heavy (non-hydrogen) atoms. The van der Waals surface area contributed by atoms with Crippen LogP contribution in [0.3, 0.4) is 0 Å². The molecule has 0 amide bonds. The predicted molar refractivity (Wildman–Crippen MR) is 84.6 cm³/mol. The van der Waals surface area contributed by atoms with Crippen LogP contribution in [0.15, 0.2) is 54.6 Å². The molecule has 1 atom stereocenters. The van der Waals surface area contributed by atoms with Gasteiger partial charge in [-0.25, -0.2) is 4.39 Å². The number of hydrogen-bond donors (Lipinski definition) is 1. The van der Waals surface area contributed by atoms with E-state index < -0.39 is 0 Å². The standard InChI is InChI=1S/C19H22FN/c1-2-19(12-13-19)14-21-18(15-6-4-3-5-7-15)16-8-10-17(20)11-9-16/h3-11,18,21H,2,12-14H2,1H3. The second kappa shape index (κ2) is 5.98. The molecule has 0 spiro atoms. The van der Waals surface area contributed by atoms with Gasteiger partial charge in [0.15, 0.2) is 0 Å². The van der Waals surface area contributed by atoms with Crippen molar-refractivity contribution in [3.8, 4) is 0 Å². The highest BCUT2D eigenvalue weighted by Crippen LogP contribution is 2.48. The van der Waals surface area contributed by atoms with Gasteiger partial charge < -0.3 is 5.32 Å². The van der Waals surface area contributed by atoms with Crippen LogP contribution < -0.4 is 5.32 Å². The Morgan fingerprint density at radius 2 is 1.62 bits per heavy atom. The van der Waals surface area contributed by atoms with E-state index in [-0.39, 0.29) is 11.9 Å². The molecule has 0 heterocycles. The summed E-state index contributed by atoms with van der Waals surface area (Å²) in [7, 11) is 0. The van der Waals surface area contributed by atoms with Crippen molar-refractivity contribution in [2.75, 3.05) is 6.54 Å². The van der Waals surface area contributed by atoms with Crippen LogP contribution in [0.25, 0.3) is 0 Å². The van der Waals surface area contributed by atoms with Gasteiger partial charge in [0.1, 0.15) is 5.82 Å². The van der Waals surface area contributed by atoms with Crippen LogP contribution in [0.4, 0.5) is 4.39 Å². The van der Waals surface area contributed by atoms with Crippen molar-refractivity contribution in [3.05, 3.63) is 71.5 Å². The maximum Gasteiger partial charge on any atom is 0.123 e. The molecule has 2 aromatic rings. The van der Waals surface area contributed by atoms with Crippen LogP contribution in [0.1, 0.15) is 43.4 Å². The van der Waals surface area contributed by atoms with Gasteiger partial charge in [-0.3, -0.25) is 0 Å². The van der Waals surface area contributed by atoms with Crippen molar-refractivity contribution in [1.82, 2.24) is 5.32 Å². The fourth-order valence-corrected chi connectivity index (χ4v) is 2.88. The molecule has 110 valence electrons. The lowest BCUT2D eigenvalue weighted by molar-refractivity contribution is 0.423. The monoisotopic (exact) mass is 283 g/mol. The highest BCUT2D eigenvalue weighted by atomic mass is 19.1. The van der Waals surface area contributed by atoms with E-state index >= 15 is 0 Å². The molecule has 1 aliphatic rings. The van der Waals surface area contributed by atoms with Crippen molar-refractivity contribution in [2.24, 2.45) is 5.41 Å². The Morgan fingerprint density at radius 3 is 2.19 bits per heavy atom. The van der Waals surface area contributed by atoms with Crippen molar-refractivity contribution in [3.63, 3.8) is 0 Å². The highest BCUT2D eigenvalue weighted by Gasteiger charge is 2.40. The summed E-state index contributed by atoms with van der Waals surface area (Å²) in [6.45, 7) is 3.30. The second-order valence-corrected chi connectivity index (χ2v) is 6.13. The molecule has 0 radical (unpaired) electrons. The second-order valence-electron chi connectivity index (χ2n) is 6.13. The summed E-state index contributed by atoms with van der Waals surface area (Å²) in [6, 6.07) is 17.4. The predicted octanol–water partition coefficient (Wildman–Crippen LogP) is 4.69. The molecule has 2 heteroatoms. The molecule has 1 unspecified atom stereocenters. The number of rotatable bonds is 6. The summed E-state index contributed by atoms with van der Waals surface area (Å²) in [5, 5.41) is 3.70. The van der Waals surface area contributed by atoms with E-state index in [1.165, 1.54) is 24.8 Å². The smallest absolute Gasteiger partial charge is 0.123 e. The van der Waals surface area contributed by atoms with E-state index in [0.29, 0.717) is 5.41 Å². The Labute approximate surface area is 126 Å². The van der Waals surface area contributed by atoms with Gasteiger partial charge in [-0.15, -0.1) is 0 Å². The third kappa shape index (κ3) is 3.33. The normalized spacial score (nSPS) is 17.4. The van der Waals surface area contributed by atoms with Crippen molar-refractivity contribution >= 4 is 0 Å². The van der Waals surface area contributed by atoms with Gasteiger partial charge >= 0.3 is 0 Å². The number of benzene rings is 2. The van der Waals surface area contributed by atoms with Gasteiger partial charge in [0.25, 0.3) is 0 Å². The molecule has 2 aromatic carbocycles. The molecule has 0 aromatic heterocycles. The van der Waals surface area contributed by atoms with Crippen LogP contribution in [-0.2, 0) is 0 Å². The maximum absolute atomic E-state index is 13.2. The highest BCUT2D eigenvalue weighted by molar-refractivity contribution is 5.32. The largest absolute Gasteiger partial charge is 0.306 e. The number of hydrogen-bond acceptors (Lipinski definition) is 1. The molecule has 1 nitrogen and oxygen atoms in total. The van der Waals surface area contributed by atoms with Crippen LogP contribution in [0.5, 0.6) is 0 Å². The average molecular weight is 283 g/mol. The first kappa shape index (κ1) is 14.3. The van der Waals surface area contributed by atoms with Crippen LogP contribution in [0, 0.1) is 11.2 Å². The Morgan fingerprint density at radius 1 is 1.00 bits per heavy atom. The molecule has 1 N–H and O–H groups in total. The van der Waals surface area contributed by atoms with Gasteiger partial charge in [0, 0.05) is 6.54 Å². The number of halogens is 1. The molecule has 1 aliphatic carbocycles. The lowest BCUT2D eigenvalue weighted by Crippen LogP contribution is -2.29. The zero-order chi connectivity index (χ0) is 14.7. The van der Waals surface area contributed by atoms with Crippen molar-refractivity contribution in [2.45, 2.75) is 32.2 Å². The van der Waals surface area contributed by atoms with Crippen molar-refractivity contribution in [1.29, 1.82) is 0 Å². The lowest BCUT2D eigenvalue weighted by atomic mass is 9.96. The topological polar surface area (TPSA) is 12.0 Å². The zero-order valence-corrected chi connectivity index (χ0v) is 12.5. The first-order valence-corrected chi connectivity index (χ1v) is 7.76. The van der Waals surface area contributed by atoms with Gasteiger partial charge in [-0.05, 0) is 47.9 Å².